The molecule has 0 aliphatic carbocycles. The fourth-order valence-corrected chi connectivity index (χ4v) is 4.02. The van der Waals surface area contributed by atoms with Crippen molar-refractivity contribution >= 4 is 23.1 Å². The molecule has 162 valence electrons. The van der Waals surface area contributed by atoms with E-state index in [-0.39, 0.29) is 11.4 Å². The number of aromatic nitrogens is 2. The zero-order chi connectivity index (χ0) is 22.0. The number of hydrogen-bond acceptors (Lipinski definition) is 5. The molecular formula is C23H27FN6O. The van der Waals surface area contributed by atoms with Crippen LogP contribution in [0.15, 0.2) is 54.7 Å². The largest absolute Gasteiger partial charge is 0.371 e. The molecule has 1 amide bonds. The van der Waals surface area contributed by atoms with Gasteiger partial charge < -0.3 is 21.7 Å². The molecule has 2 aromatic carbocycles. The predicted octanol–water partition coefficient (Wildman–Crippen LogP) is 3.13. The van der Waals surface area contributed by atoms with Gasteiger partial charge in [-0.15, -0.1) is 0 Å². The first kappa shape index (κ1) is 20.9. The van der Waals surface area contributed by atoms with Crippen molar-refractivity contribution in [3.8, 4) is 0 Å². The van der Waals surface area contributed by atoms with E-state index in [1.54, 1.807) is 23.0 Å². The van der Waals surface area contributed by atoms with Crippen molar-refractivity contribution in [2.24, 2.45) is 11.5 Å². The monoisotopic (exact) mass is 422 g/mol. The molecule has 1 aliphatic heterocycles. The second-order valence-electron chi connectivity index (χ2n) is 8.08. The molecule has 0 radical (unpaired) electrons. The molecule has 0 bridgehead atoms. The SMILES string of the molecule is Cc1ccc(N2CCC(CN)(n3cc(C(N)=O)c(Nc4ccc(F)cc4)n3)CC2)cc1. The van der Waals surface area contributed by atoms with Gasteiger partial charge in [0.25, 0.3) is 5.91 Å². The first-order valence-electron chi connectivity index (χ1n) is 10.3. The topological polar surface area (TPSA) is 102 Å². The van der Waals surface area contributed by atoms with Crippen LogP contribution in [-0.2, 0) is 5.54 Å². The number of piperidine rings is 1. The van der Waals surface area contributed by atoms with E-state index in [2.05, 4.69) is 46.5 Å². The minimum Gasteiger partial charge on any atom is -0.371 e. The highest BCUT2D eigenvalue weighted by molar-refractivity contribution is 5.98. The molecule has 0 saturated carbocycles. The minimum atomic E-state index is -0.583. The van der Waals surface area contributed by atoms with Crippen LogP contribution >= 0.6 is 0 Å². The molecule has 0 unspecified atom stereocenters. The molecule has 0 spiro atoms. The zero-order valence-corrected chi connectivity index (χ0v) is 17.5. The van der Waals surface area contributed by atoms with Gasteiger partial charge in [0.05, 0.1) is 5.54 Å². The van der Waals surface area contributed by atoms with Crippen LogP contribution in [0.5, 0.6) is 0 Å². The summed E-state index contributed by atoms with van der Waals surface area (Å²) in [6, 6.07) is 14.3. The third kappa shape index (κ3) is 4.25. The third-order valence-electron chi connectivity index (χ3n) is 6.05. The number of rotatable bonds is 6. The van der Waals surface area contributed by atoms with Gasteiger partial charge in [-0.1, -0.05) is 17.7 Å². The van der Waals surface area contributed by atoms with Crippen molar-refractivity contribution in [3.05, 3.63) is 71.7 Å². The maximum atomic E-state index is 13.2. The minimum absolute atomic E-state index is 0.276. The molecule has 5 N–H and O–H groups in total. The molecular weight excluding hydrogens is 395 g/mol. The van der Waals surface area contributed by atoms with Gasteiger partial charge in [-0.25, -0.2) is 4.39 Å². The highest BCUT2D eigenvalue weighted by Crippen LogP contribution is 2.33. The van der Waals surface area contributed by atoms with Crippen LogP contribution in [0.25, 0.3) is 0 Å². The van der Waals surface area contributed by atoms with Crippen molar-refractivity contribution in [1.29, 1.82) is 0 Å². The number of primary amides is 1. The summed E-state index contributed by atoms with van der Waals surface area (Å²) in [6.07, 6.45) is 3.24. The summed E-state index contributed by atoms with van der Waals surface area (Å²) in [5.74, 6) is -0.582. The Kier molecular flexibility index (Phi) is 5.65. The lowest BCUT2D eigenvalue weighted by molar-refractivity contribution is 0.100. The van der Waals surface area contributed by atoms with Crippen molar-refractivity contribution < 1.29 is 9.18 Å². The third-order valence-corrected chi connectivity index (χ3v) is 6.05. The Bertz CT molecular complexity index is 1050. The van der Waals surface area contributed by atoms with Crippen LogP contribution in [0.2, 0.25) is 0 Å². The number of halogens is 1. The first-order valence-corrected chi connectivity index (χ1v) is 10.3. The first-order chi connectivity index (χ1) is 14.9. The number of anilines is 3. The van der Waals surface area contributed by atoms with Crippen LogP contribution in [-0.4, -0.2) is 35.3 Å². The molecule has 1 aromatic heterocycles. The van der Waals surface area contributed by atoms with Gasteiger partial charge in [0.1, 0.15) is 11.4 Å². The van der Waals surface area contributed by atoms with Crippen molar-refractivity contribution in [1.82, 2.24) is 9.78 Å². The summed E-state index contributed by atoms with van der Waals surface area (Å²) in [7, 11) is 0. The highest BCUT2D eigenvalue weighted by atomic mass is 19.1. The van der Waals surface area contributed by atoms with Crippen LogP contribution in [0.1, 0.15) is 28.8 Å². The summed E-state index contributed by atoms with van der Waals surface area (Å²) in [4.78, 5) is 14.4. The molecule has 4 rings (SSSR count). The molecule has 8 heteroatoms. The number of benzene rings is 2. The summed E-state index contributed by atoms with van der Waals surface area (Å²) in [5.41, 5.74) is 14.7. The van der Waals surface area contributed by atoms with Gasteiger partial charge in [0.15, 0.2) is 5.82 Å². The van der Waals surface area contributed by atoms with Crippen LogP contribution < -0.4 is 21.7 Å². The number of nitrogens with two attached hydrogens (primary N) is 2. The summed E-state index contributed by atoms with van der Waals surface area (Å²) < 4.78 is 15.0. The smallest absolute Gasteiger partial charge is 0.254 e. The Morgan fingerprint density at radius 1 is 1.13 bits per heavy atom. The van der Waals surface area contributed by atoms with E-state index in [1.165, 1.54) is 23.4 Å². The molecule has 7 nitrogen and oxygen atoms in total. The average molecular weight is 423 g/mol. The van der Waals surface area contributed by atoms with Gasteiger partial charge in [-0.3, -0.25) is 9.48 Å². The maximum Gasteiger partial charge on any atom is 0.254 e. The van der Waals surface area contributed by atoms with Crippen molar-refractivity contribution in [2.45, 2.75) is 25.3 Å². The van der Waals surface area contributed by atoms with E-state index in [4.69, 9.17) is 11.5 Å². The van der Waals surface area contributed by atoms with E-state index >= 15 is 0 Å². The lowest BCUT2D eigenvalue weighted by atomic mass is 9.87. The van der Waals surface area contributed by atoms with Gasteiger partial charge in [0, 0.05) is 37.2 Å². The predicted molar refractivity (Wildman–Crippen MR) is 120 cm³/mol. The quantitative estimate of drug-likeness (QED) is 0.566. The van der Waals surface area contributed by atoms with Gasteiger partial charge >= 0.3 is 0 Å². The van der Waals surface area contributed by atoms with E-state index in [0.717, 1.165) is 25.9 Å². The average Bonchev–Trinajstić information content (AvgIpc) is 3.21. The molecule has 1 fully saturated rings. The normalized spacial score (nSPS) is 15.6. The van der Waals surface area contributed by atoms with Crippen LogP contribution in [0.3, 0.4) is 0 Å². The van der Waals surface area contributed by atoms with Gasteiger partial charge in [0.2, 0.25) is 0 Å². The number of aryl methyl sites for hydroxylation is 1. The fourth-order valence-electron chi connectivity index (χ4n) is 4.02. The van der Waals surface area contributed by atoms with E-state index in [0.29, 0.717) is 18.1 Å². The lowest BCUT2D eigenvalue weighted by Crippen LogP contribution is -2.50. The Balaban J connectivity index is 1.57. The fraction of sp³-hybridized carbons (Fsp3) is 0.304. The Morgan fingerprint density at radius 3 is 2.35 bits per heavy atom. The zero-order valence-electron chi connectivity index (χ0n) is 17.5. The van der Waals surface area contributed by atoms with Crippen LogP contribution in [0, 0.1) is 12.7 Å². The number of carbonyl (C=O) groups is 1. The second kappa shape index (κ2) is 8.39. The van der Waals surface area contributed by atoms with E-state index < -0.39 is 11.4 Å². The van der Waals surface area contributed by atoms with Crippen molar-refractivity contribution in [3.63, 3.8) is 0 Å². The number of nitrogens with one attached hydrogen (secondary N) is 1. The lowest BCUT2D eigenvalue weighted by Gasteiger charge is -2.42. The van der Waals surface area contributed by atoms with Gasteiger partial charge in [-0.05, 0) is 56.2 Å². The van der Waals surface area contributed by atoms with Crippen molar-refractivity contribution in [2.75, 3.05) is 29.9 Å². The van der Waals surface area contributed by atoms with Gasteiger partial charge in [-0.2, -0.15) is 5.10 Å². The number of amides is 1. The molecule has 1 saturated heterocycles. The Labute approximate surface area is 180 Å². The van der Waals surface area contributed by atoms with E-state index in [1.807, 2.05) is 0 Å². The Hall–Kier alpha value is -3.39. The second-order valence-corrected chi connectivity index (χ2v) is 8.08. The highest BCUT2D eigenvalue weighted by Gasteiger charge is 2.37. The molecule has 3 aromatic rings. The van der Waals surface area contributed by atoms with E-state index in [9.17, 15) is 9.18 Å². The molecule has 1 aliphatic rings. The Morgan fingerprint density at radius 2 is 1.77 bits per heavy atom. The molecule has 31 heavy (non-hydrogen) atoms. The number of hydrogen-bond donors (Lipinski definition) is 3. The summed E-state index contributed by atoms with van der Waals surface area (Å²) >= 11 is 0. The maximum absolute atomic E-state index is 13.2. The number of carbonyl (C=O) groups excluding carboxylic acids is 1. The van der Waals surface area contributed by atoms with Crippen LogP contribution in [0.4, 0.5) is 21.6 Å². The summed E-state index contributed by atoms with van der Waals surface area (Å²) in [6.45, 7) is 4.12. The molecule has 0 atom stereocenters. The standard InChI is InChI=1S/C23H27FN6O/c1-16-2-8-19(9-3-16)29-12-10-23(15-25,11-13-29)30-14-20(21(26)31)22(28-30)27-18-6-4-17(24)5-7-18/h2-9,14H,10-13,15,25H2,1H3,(H2,26,31)(H,27,28). The summed E-state index contributed by atoms with van der Waals surface area (Å²) in [5, 5.41) is 7.71. The number of nitrogens with zero attached hydrogens (tertiary/aromatic N) is 3. The molecule has 2 heterocycles.